The fraction of sp³-hybridized carbons (Fsp3) is 0.133. The molecule has 2 heteroatoms. The second-order valence-corrected chi connectivity index (χ2v) is 4.70. The third-order valence-corrected chi connectivity index (χ3v) is 3.11. The van der Waals surface area contributed by atoms with Crippen LogP contribution in [-0.2, 0) is 0 Å². The van der Waals surface area contributed by atoms with Crippen molar-refractivity contribution in [2.75, 3.05) is 0 Å². The molecule has 0 radical (unpaired) electrons. The predicted octanol–water partition coefficient (Wildman–Crippen LogP) is 3.60. The van der Waals surface area contributed by atoms with E-state index in [9.17, 15) is 0 Å². The molecule has 0 aliphatic rings. The lowest BCUT2D eigenvalue weighted by atomic mass is 9.98. The lowest BCUT2D eigenvalue weighted by Gasteiger charge is -2.08. The van der Waals surface area contributed by atoms with Gasteiger partial charge in [0.2, 0.25) is 0 Å². The SMILES string of the molecule is Cc1ccc(C)c(-c2ccc(C(N)=S)cc2)c1. The van der Waals surface area contributed by atoms with Gasteiger partial charge in [0, 0.05) is 5.56 Å². The van der Waals surface area contributed by atoms with Crippen molar-refractivity contribution < 1.29 is 0 Å². The van der Waals surface area contributed by atoms with Crippen molar-refractivity contribution in [3.63, 3.8) is 0 Å². The highest BCUT2D eigenvalue weighted by Crippen LogP contribution is 2.24. The van der Waals surface area contributed by atoms with Crippen molar-refractivity contribution in [1.82, 2.24) is 0 Å². The maximum absolute atomic E-state index is 5.59. The first-order valence-corrected chi connectivity index (χ1v) is 5.96. The molecule has 2 aromatic rings. The molecule has 0 fully saturated rings. The van der Waals surface area contributed by atoms with Gasteiger partial charge in [-0.15, -0.1) is 0 Å². The fourth-order valence-corrected chi connectivity index (χ4v) is 2.00. The van der Waals surface area contributed by atoms with Crippen LogP contribution in [0.4, 0.5) is 0 Å². The molecule has 0 spiro atoms. The van der Waals surface area contributed by atoms with E-state index in [4.69, 9.17) is 18.0 Å². The van der Waals surface area contributed by atoms with Crippen molar-refractivity contribution in [3.8, 4) is 11.1 Å². The number of hydrogen-bond acceptors (Lipinski definition) is 1. The van der Waals surface area contributed by atoms with Gasteiger partial charge in [0.25, 0.3) is 0 Å². The zero-order valence-corrected chi connectivity index (χ0v) is 10.8. The molecule has 2 N–H and O–H groups in total. The third-order valence-electron chi connectivity index (χ3n) is 2.87. The molecule has 0 bridgehead atoms. The Kier molecular flexibility index (Phi) is 3.25. The van der Waals surface area contributed by atoms with E-state index in [-0.39, 0.29) is 0 Å². The van der Waals surface area contributed by atoms with E-state index in [0.717, 1.165) is 5.56 Å². The topological polar surface area (TPSA) is 26.0 Å². The summed E-state index contributed by atoms with van der Waals surface area (Å²) in [6, 6.07) is 14.5. The summed E-state index contributed by atoms with van der Waals surface area (Å²) in [5.74, 6) is 0. The average Bonchev–Trinajstić information content (AvgIpc) is 2.32. The van der Waals surface area contributed by atoms with Gasteiger partial charge in [-0.25, -0.2) is 0 Å². The molecule has 0 aromatic heterocycles. The summed E-state index contributed by atoms with van der Waals surface area (Å²) in [7, 11) is 0. The standard InChI is InChI=1S/C15H15NS/c1-10-3-4-11(2)14(9-10)12-5-7-13(8-6-12)15(16)17/h3-9H,1-2H3,(H2,16,17). The van der Waals surface area contributed by atoms with Gasteiger partial charge in [-0.2, -0.15) is 0 Å². The highest BCUT2D eigenvalue weighted by molar-refractivity contribution is 7.80. The quantitative estimate of drug-likeness (QED) is 0.813. The zero-order chi connectivity index (χ0) is 12.4. The Balaban J connectivity index is 2.46. The summed E-state index contributed by atoms with van der Waals surface area (Å²) in [5.41, 5.74) is 11.5. The molecule has 0 amide bonds. The summed E-state index contributed by atoms with van der Waals surface area (Å²) in [4.78, 5) is 0.442. The molecule has 17 heavy (non-hydrogen) atoms. The number of nitrogens with two attached hydrogens (primary N) is 1. The Bertz CT molecular complexity index is 556. The summed E-state index contributed by atoms with van der Waals surface area (Å²) >= 11 is 4.95. The van der Waals surface area contributed by atoms with E-state index in [1.54, 1.807) is 0 Å². The van der Waals surface area contributed by atoms with E-state index in [2.05, 4.69) is 44.2 Å². The van der Waals surface area contributed by atoms with Gasteiger partial charge in [-0.3, -0.25) is 0 Å². The third kappa shape index (κ3) is 2.53. The van der Waals surface area contributed by atoms with Crippen LogP contribution < -0.4 is 5.73 Å². The highest BCUT2D eigenvalue weighted by Gasteiger charge is 2.03. The lowest BCUT2D eigenvalue weighted by Crippen LogP contribution is -2.08. The van der Waals surface area contributed by atoms with Crippen LogP contribution in [0.5, 0.6) is 0 Å². The minimum Gasteiger partial charge on any atom is -0.389 e. The van der Waals surface area contributed by atoms with Crippen molar-refractivity contribution >= 4 is 17.2 Å². The van der Waals surface area contributed by atoms with Gasteiger partial charge in [0.1, 0.15) is 4.99 Å². The highest BCUT2D eigenvalue weighted by atomic mass is 32.1. The molecule has 0 heterocycles. The minimum absolute atomic E-state index is 0.442. The molecule has 0 saturated carbocycles. The monoisotopic (exact) mass is 241 g/mol. The van der Waals surface area contributed by atoms with E-state index in [1.807, 2.05) is 12.1 Å². The average molecular weight is 241 g/mol. The molecule has 0 aliphatic carbocycles. The number of rotatable bonds is 2. The smallest absolute Gasteiger partial charge is 0.103 e. The molecular formula is C15H15NS. The van der Waals surface area contributed by atoms with Crippen LogP contribution >= 0.6 is 12.2 Å². The van der Waals surface area contributed by atoms with Gasteiger partial charge < -0.3 is 5.73 Å². The Labute approximate surface area is 107 Å². The van der Waals surface area contributed by atoms with Crippen molar-refractivity contribution in [2.24, 2.45) is 5.73 Å². The molecular weight excluding hydrogens is 226 g/mol. The Morgan fingerprint density at radius 1 is 1.00 bits per heavy atom. The van der Waals surface area contributed by atoms with Crippen LogP contribution in [0.25, 0.3) is 11.1 Å². The van der Waals surface area contributed by atoms with Crippen LogP contribution in [0.3, 0.4) is 0 Å². The van der Waals surface area contributed by atoms with E-state index in [0.29, 0.717) is 4.99 Å². The number of hydrogen-bond donors (Lipinski definition) is 1. The molecule has 0 atom stereocenters. The number of benzene rings is 2. The van der Waals surface area contributed by atoms with Crippen molar-refractivity contribution in [1.29, 1.82) is 0 Å². The Hall–Kier alpha value is -1.67. The predicted molar refractivity (Wildman–Crippen MR) is 77.2 cm³/mol. The second-order valence-electron chi connectivity index (χ2n) is 4.26. The Morgan fingerprint density at radius 3 is 2.24 bits per heavy atom. The van der Waals surface area contributed by atoms with E-state index < -0.39 is 0 Å². The molecule has 1 nitrogen and oxygen atoms in total. The van der Waals surface area contributed by atoms with Crippen molar-refractivity contribution in [3.05, 3.63) is 59.2 Å². The molecule has 2 aromatic carbocycles. The molecule has 0 unspecified atom stereocenters. The maximum atomic E-state index is 5.59. The van der Waals surface area contributed by atoms with Gasteiger partial charge in [0.05, 0.1) is 0 Å². The number of aryl methyl sites for hydroxylation is 2. The first kappa shape index (κ1) is 11.8. The molecule has 0 saturated heterocycles. The van der Waals surface area contributed by atoms with Gasteiger partial charge in [0.15, 0.2) is 0 Å². The van der Waals surface area contributed by atoms with Crippen LogP contribution in [0.15, 0.2) is 42.5 Å². The van der Waals surface area contributed by atoms with Crippen LogP contribution in [0.1, 0.15) is 16.7 Å². The van der Waals surface area contributed by atoms with Crippen LogP contribution in [0.2, 0.25) is 0 Å². The first-order chi connectivity index (χ1) is 8.08. The summed E-state index contributed by atoms with van der Waals surface area (Å²) in [6.07, 6.45) is 0. The van der Waals surface area contributed by atoms with Crippen molar-refractivity contribution in [2.45, 2.75) is 13.8 Å². The lowest BCUT2D eigenvalue weighted by molar-refractivity contribution is 1.39. The second kappa shape index (κ2) is 4.68. The van der Waals surface area contributed by atoms with Gasteiger partial charge >= 0.3 is 0 Å². The minimum atomic E-state index is 0.442. The molecule has 86 valence electrons. The van der Waals surface area contributed by atoms with Crippen LogP contribution in [0, 0.1) is 13.8 Å². The van der Waals surface area contributed by atoms with Gasteiger partial charge in [-0.1, -0.05) is 60.2 Å². The summed E-state index contributed by atoms with van der Waals surface area (Å²) in [6.45, 7) is 4.22. The van der Waals surface area contributed by atoms with Gasteiger partial charge in [-0.05, 0) is 30.5 Å². The number of thiocarbonyl (C=S) groups is 1. The molecule has 2 rings (SSSR count). The first-order valence-electron chi connectivity index (χ1n) is 5.55. The normalized spacial score (nSPS) is 10.2. The molecule has 0 aliphatic heterocycles. The fourth-order valence-electron chi connectivity index (χ4n) is 1.86. The van der Waals surface area contributed by atoms with Crippen LogP contribution in [-0.4, -0.2) is 4.99 Å². The van der Waals surface area contributed by atoms with E-state index in [1.165, 1.54) is 22.3 Å². The largest absolute Gasteiger partial charge is 0.389 e. The summed E-state index contributed by atoms with van der Waals surface area (Å²) < 4.78 is 0. The zero-order valence-electron chi connectivity index (χ0n) is 10.0. The summed E-state index contributed by atoms with van der Waals surface area (Å²) in [5, 5.41) is 0. The Morgan fingerprint density at radius 2 is 1.65 bits per heavy atom. The van der Waals surface area contributed by atoms with E-state index >= 15 is 0 Å². The maximum Gasteiger partial charge on any atom is 0.103 e.